The molecular formula is C13H20Cl2N2O2. The normalized spacial score (nSPS) is 10.7. The van der Waals surface area contributed by atoms with Gasteiger partial charge in [0.05, 0.1) is 23.3 Å². The van der Waals surface area contributed by atoms with Crippen LogP contribution in [0.15, 0.2) is 12.1 Å². The zero-order valence-electron chi connectivity index (χ0n) is 11.0. The van der Waals surface area contributed by atoms with Crippen LogP contribution >= 0.6 is 23.2 Å². The van der Waals surface area contributed by atoms with Gasteiger partial charge in [0.2, 0.25) is 0 Å². The molecule has 1 rings (SSSR count). The minimum Gasteiger partial charge on any atom is -0.491 e. The molecule has 0 spiro atoms. The molecule has 19 heavy (non-hydrogen) atoms. The van der Waals surface area contributed by atoms with Crippen molar-refractivity contribution in [3.05, 3.63) is 27.7 Å². The van der Waals surface area contributed by atoms with Gasteiger partial charge in [-0.1, -0.05) is 23.2 Å². The van der Waals surface area contributed by atoms with Crippen molar-refractivity contribution in [2.75, 3.05) is 32.8 Å². The second-order valence-corrected chi connectivity index (χ2v) is 4.79. The Morgan fingerprint density at radius 1 is 1.11 bits per heavy atom. The summed E-state index contributed by atoms with van der Waals surface area (Å²) in [6.45, 7) is 5.50. The van der Waals surface area contributed by atoms with Crippen molar-refractivity contribution in [1.29, 1.82) is 0 Å². The van der Waals surface area contributed by atoms with Crippen LogP contribution in [0.5, 0.6) is 5.75 Å². The number of hydrogen-bond acceptors (Lipinski definition) is 4. The Balaban J connectivity index is 2.42. The zero-order chi connectivity index (χ0) is 14.1. The first-order chi connectivity index (χ1) is 9.19. The van der Waals surface area contributed by atoms with Crippen molar-refractivity contribution in [2.24, 2.45) is 0 Å². The lowest BCUT2D eigenvalue weighted by Gasteiger charge is -2.11. The minimum absolute atomic E-state index is 0.157. The van der Waals surface area contributed by atoms with Gasteiger partial charge in [0.15, 0.2) is 5.75 Å². The Kier molecular flexibility index (Phi) is 8.18. The molecule has 0 unspecified atom stereocenters. The number of aliphatic hydroxyl groups excluding tert-OH is 1. The molecule has 0 bridgehead atoms. The lowest BCUT2D eigenvalue weighted by atomic mass is 10.2. The van der Waals surface area contributed by atoms with Crippen LogP contribution in [0.2, 0.25) is 10.0 Å². The summed E-state index contributed by atoms with van der Waals surface area (Å²) in [6.07, 6.45) is 0. The number of hydrogen-bond donors (Lipinski definition) is 3. The van der Waals surface area contributed by atoms with E-state index in [9.17, 15) is 0 Å². The summed E-state index contributed by atoms with van der Waals surface area (Å²) in [5.41, 5.74) is 1.01. The summed E-state index contributed by atoms with van der Waals surface area (Å²) in [5.74, 6) is 0.541. The maximum atomic E-state index is 8.61. The third-order valence-corrected chi connectivity index (χ3v) is 3.00. The number of ether oxygens (including phenoxy) is 1. The molecule has 0 amide bonds. The number of nitrogens with one attached hydrogen (secondary N) is 2. The molecule has 0 saturated carbocycles. The third kappa shape index (κ3) is 5.97. The van der Waals surface area contributed by atoms with Gasteiger partial charge in [0.1, 0.15) is 0 Å². The van der Waals surface area contributed by atoms with Crippen molar-refractivity contribution < 1.29 is 9.84 Å². The molecule has 0 aliphatic rings. The van der Waals surface area contributed by atoms with Gasteiger partial charge in [-0.05, 0) is 24.6 Å². The van der Waals surface area contributed by atoms with Crippen LogP contribution in [0.25, 0.3) is 0 Å². The van der Waals surface area contributed by atoms with Crippen LogP contribution in [-0.4, -0.2) is 38.0 Å². The molecule has 6 heteroatoms. The van der Waals surface area contributed by atoms with Gasteiger partial charge in [-0.15, -0.1) is 0 Å². The SMILES string of the molecule is CCOc1c(Cl)cc(CNCCNCCO)cc1Cl. The quantitative estimate of drug-likeness (QED) is 0.611. The molecule has 0 aromatic heterocycles. The number of aliphatic hydroxyl groups is 1. The van der Waals surface area contributed by atoms with Crippen LogP contribution < -0.4 is 15.4 Å². The molecule has 1 aromatic rings. The summed E-state index contributed by atoms with van der Waals surface area (Å²) >= 11 is 12.2. The number of halogens is 2. The predicted molar refractivity (Wildman–Crippen MR) is 79.3 cm³/mol. The molecule has 1 aromatic carbocycles. The van der Waals surface area contributed by atoms with E-state index in [0.29, 0.717) is 35.5 Å². The predicted octanol–water partition coefficient (Wildman–Crippen LogP) is 2.06. The maximum Gasteiger partial charge on any atom is 0.156 e. The minimum atomic E-state index is 0.157. The molecule has 108 valence electrons. The second-order valence-electron chi connectivity index (χ2n) is 3.97. The molecular weight excluding hydrogens is 287 g/mol. The molecule has 0 fully saturated rings. The first-order valence-electron chi connectivity index (χ1n) is 6.32. The Morgan fingerprint density at radius 2 is 1.74 bits per heavy atom. The molecule has 0 atom stereocenters. The van der Waals surface area contributed by atoms with E-state index in [1.807, 2.05) is 19.1 Å². The topological polar surface area (TPSA) is 53.5 Å². The average Bonchev–Trinajstić information content (AvgIpc) is 2.38. The summed E-state index contributed by atoms with van der Waals surface area (Å²) in [6, 6.07) is 3.71. The first kappa shape index (κ1) is 16.5. The van der Waals surface area contributed by atoms with E-state index < -0.39 is 0 Å². The van der Waals surface area contributed by atoms with Gasteiger partial charge < -0.3 is 20.5 Å². The van der Waals surface area contributed by atoms with Crippen molar-refractivity contribution in [3.8, 4) is 5.75 Å². The summed E-state index contributed by atoms with van der Waals surface area (Å²) in [4.78, 5) is 0. The smallest absolute Gasteiger partial charge is 0.156 e. The average molecular weight is 307 g/mol. The summed E-state index contributed by atoms with van der Waals surface area (Å²) < 4.78 is 5.37. The van der Waals surface area contributed by atoms with E-state index >= 15 is 0 Å². The zero-order valence-corrected chi connectivity index (χ0v) is 12.5. The van der Waals surface area contributed by atoms with Crippen molar-refractivity contribution >= 4 is 23.2 Å². The van der Waals surface area contributed by atoms with Crippen LogP contribution in [-0.2, 0) is 6.54 Å². The fraction of sp³-hybridized carbons (Fsp3) is 0.538. The second kappa shape index (κ2) is 9.39. The van der Waals surface area contributed by atoms with Crippen molar-refractivity contribution in [3.63, 3.8) is 0 Å². The molecule has 4 nitrogen and oxygen atoms in total. The fourth-order valence-electron chi connectivity index (χ4n) is 1.61. The molecule has 0 aliphatic carbocycles. The van der Waals surface area contributed by atoms with Crippen LogP contribution in [0.1, 0.15) is 12.5 Å². The van der Waals surface area contributed by atoms with Gasteiger partial charge >= 0.3 is 0 Å². The molecule has 0 saturated heterocycles. The largest absolute Gasteiger partial charge is 0.491 e. The van der Waals surface area contributed by atoms with Crippen LogP contribution in [0.3, 0.4) is 0 Å². The molecule has 0 radical (unpaired) electrons. The van der Waals surface area contributed by atoms with Crippen LogP contribution in [0.4, 0.5) is 0 Å². The van der Waals surface area contributed by atoms with E-state index in [2.05, 4.69) is 10.6 Å². The molecule has 3 N–H and O–H groups in total. The van der Waals surface area contributed by atoms with Gasteiger partial charge in [0.25, 0.3) is 0 Å². The van der Waals surface area contributed by atoms with E-state index in [4.69, 9.17) is 33.0 Å². The Morgan fingerprint density at radius 3 is 2.32 bits per heavy atom. The highest BCUT2D eigenvalue weighted by atomic mass is 35.5. The molecule has 0 aliphatic heterocycles. The van der Waals surface area contributed by atoms with Gasteiger partial charge in [-0.3, -0.25) is 0 Å². The lowest BCUT2D eigenvalue weighted by molar-refractivity contribution is 0.292. The number of rotatable bonds is 9. The summed E-state index contributed by atoms with van der Waals surface area (Å²) in [7, 11) is 0. The van der Waals surface area contributed by atoms with E-state index in [0.717, 1.165) is 18.7 Å². The van der Waals surface area contributed by atoms with Gasteiger partial charge in [-0.2, -0.15) is 0 Å². The van der Waals surface area contributed by atoms with E-state index in [1.54, 1.807) is 0 Å². The first-order valence-corrected chi connectivity index (χ1v) is 7.07. The Bertz CT molecular complexity index is 366. The fourth-order valence-corrected chi connectivity index (χ4v) is 2.25. The number of benzene rings is 1. The van der Waals surface area contributed by atoms with Crippen molar-refractivity contribution in [2.45, 2.75) is 13.5 Å². The maximum absolute atomic E-state index is 8.61. The third-order valence-electron chi connectivity index (χ3n) is 2.44. The Labute approximate surface area is 124 Å². The summed E-state index contributed by atoms with van der Waals surface area (Å²) in [5, 5.41) is 16.0. The monoisotopic (exact) mass is 306 g/mol. The van der Waals surface area contributed by atoms with E-state index in [-0.39, 0.29) is 6.61 Å². The van der Waals surface area contributed by atoms with Crippen molar-refractivity contribution in [1.82, 2.24) is 10.6 Å². The van der Waals surface area contributed by atoms with Gasteiger partial charge in [0, 0.05) is 26.2 Å². The van der Waals surface area contributed by atoms with E-state index in [1.165, 1.54) is 0 Å². The molecule has 0 heterocycles. The highest BCUT2D eigenvalue weighted by Gasteiger charge is 2.08. The lowest BCUT2D eigenvalue weighted by Crippen LogP contribution is -2.28. The Hall–Kier alpha value is -0.520. The van der Waals surface area contributed by atoms with Crippen LogP contribution in [0, 0.1) is 0 Å². The highest BCUT2D eigenvalue weighted by Crippen LogP contribution is 2.34. The standard InChI is InChI=1S/C13H20Cl2N2O2/c1-2-19-13-11(14)7-10(8-12(13)15)9-17-4-3-16-5-6-18/h7-8,16-18H,2-6,9H2,1H3. The van der Waals surface area contributed by atoms with Gasteiger partial charge in [-0.25, -0.2) is 0 Å². The highest BCUT2D eigenvalue weighted by molar-refractivity contribution is 6.37.